The van der Waals surface area contributed by atoms with Gasteiger partial charge in [-0.3, -0.25) is 18.8 Å². The Morgan fingerprint density at radius 3 is 2.50 bits per heavy atom. The Balaban J connectivity index is 1.67. The van der Waals surface area contributed by atoms with Gasteiger partial charge in [-0.2, -0.15) is 13.2 Å². The zero-order valence-corrected chi connectivity index (χ0v) is 22.4. The summed E-state index contributed by atoms with van der Waals surface area (Å²) in [7, 11) is 1.32. The summed E-state index contributed by atoms with van der Waals surface area (Å²) < 4.78 is 55.8. The smallest absolute Gasteiger partial charge is 0.329 e. The van der Waals surface area contributed by atoms with E-state index in [4.69, 9.17) is 4.84 Å². The lowest BCUT2D eigenvalue weighted by Crippen LogP contribution is -2.59. The van der Waals surface area contributed by atoms with Gasteiger partial charge in [0.2, 0.25) is 0 Å². The second-order valence-corrected chi connectivity index (χ2v) is 11.0. The van der Waals surface area contributed by atoms with Gasteiger partial charge in [-0.05, 0) is 48.9 Å². The number of carbonyl (C=O) groups is 1. The Bertz CT molecular complexity index is 1390. The molecule has 0 aliphatic carbocycles. The molecule has 0 radical (unpaired) electrons. The number of hydrogen-bond donors (Lipinski definition) is 1. The molecule has 3 unspecified atom stereocenters. The largest absolute Gasteiger partial charge is 0.493 e. The summed E-state index contributed by atoms with van der Waals surface area (Å²) in [5.41, 5.74) is -1.09. The van der Waals surface area contributed by atoms with Crippen molar-refractivity contribution in [2.45, 2.75) is 51.7 Å². The monoisotopic (exact) mass is 568 g/mol. The quantitative estimate of drug-likeness (QED) is 0.508. The molecule has 14 heteroatoms. The van der Waals surface area contributed by atoms with Gasteiger partial charge in [0.05, 0.1) is 6.54 Å². The van der Waals surface area contributed by atoms with Crippen LogP contribution in [0.5, 0.6) is 0 Å². The standard InChI is InChI=1S/C26H32F4N6O4/c1-15(2)8-10-34-20-21(32(3)25(39)35(22(20)37)14-16-4-6-18(27)7-5-16)36(40-23(38)26(28,29)30)24(34)33-11-9-17-12-31-13-19(17)33/h4-7,15,17,19,24,31H,8-14H2,1-3H3. The first kappa shape index (κ1) is 28.1. The molecule has 40 heavy (non-hydrogen) atoms. The zero-order chi connectivity index (χ0) is 28.9. The topological polar surface area (TPSA) is 92.0 Å². The van der Waals surface area contributed by atoms with Gasteiger partial charge in [0.1, 0.15) is 5.82 Å². The molecule has 4 heterocycles. The number of anilines is 2. The fourth-order valence-corrected chi connectivity index (χ4v) is 5.85. The molecule has 1 aromatic heterocycles. The fourth-order valence-electron chi connectivity index (χ4n) is 5.85. The Kier molecular flexibility index (Phi) is 7.42. The van der Waals surface area contributed by atoms with Gasteiger partial charge in [-0.25, -0.2) is 14.0 Å². The van der Waals surface area contributed by atoms with E-state index in [9.17, 15) is 31.9 Å². The molecule has 3 aliphatic rings. The second-order valence-electron chi connectivity index (χ2n) is 11.0. The van der Waals surface area contributed by atoms with Crippen molar-refractivity contribution in [1.82, 2.24) is 19.4 Å². The number of nitrogens with one attached hydrogen (secondary N) is 1. The molecule has 2 fully saturated rings. The number of rotatable bonds is 7. The molecule has 0 amide bonds. The van der Waals surface area contributed by atoms with E-state index in [-0.39, 0.29) is 42.5 Å². The molecule has 2 saturated heterocycles. The molecule has 0 bridgehead atoms. The van der Waals surface area contributed by atoms with E-state index in [0.29, 0.717) is 25.1 Å². The summed E-state index contributed by atoms with van der Waals surface area (Å²) in [6.45, 7) is 5.89. The second kappa shape index (κ2) is 10.5. The van der Waals surface area contributed by atoms with E-state index in [1.807, 2.05) is 18.7 Å². The van der Waals surface area contributed by atoms with Gasteiger partial charge in [-0.15, -0.1) is 5.06 Å². The Morgan fingerprint density at radius 2 is 1.85 bits per heavy atom. The van der Waals surface area contributed by atoms with Crippen molar-refractivity contribution in [2.24, 2.45) is 18.9 Å². The van der Waals surface area contributed by atoms with Crippen LogP contribution in [0.4, 0.5) is 29.1 Å². The van der Waals surface area contributed by atoms with Gasteiger partial charge < -0.3 is 15.1 Å². The van der Waals surface area contributed by atoms with Crippen LogP contribution in [-0.4, -0.2) is 64.7 Å². The van der Waals surface area contributed by atoms with Crippen molar-refractivity contribution >= 4 is 17.5 Å². The van der Waals surface area contributed by atoms with Gasteiger partial charge >= 0.3 is 17.8 Å². The maximum absolute atomic E-state index is 14.0. The van der Waals surface area contributed by atoms with E-state index in [2.05, 4.69) is 5.32 Å². The number of likely N-dealkylation sites (tertiary alicyclic amines) is 1. The van der Waals surface area contributed by atoms with Crippen LogP contribution < -0.4 is 26.5 Å². The number of carbonyl (C=O) groups excluding carboxylic acids is 1. The Labute approximate surface area is 227 Å². The van der Waals surface area contributed by atoms with Gasteiger partial charge in [0.15, 0.2) is 17.8 Å². The number of fused-ring (bicyclic) bond motifs is 2. The van der Waals surface area contributed by atoms with E-state index in [0.717, 1.165) is 27.2 Å². The maximum Gasteiger partial charge on any atom is 0.493 e. The zero-order valence-electron chi connectivity index (χ0n) is 22.4. The highest BCUT2D eigenvalue weighted by Crippen LogP contribution is 2.42. The van der Waals surface area contributed by atoms with Crippen LogP contribution in [0.15, 0.2) is 33.9 Å². The molecule has 3 aliphatic heterocycles. The Hall–Kier alpha value is -3.39. The van der Waals surface area contributed by atoms with Crippen molar-refractivity contribution < 1.29 is 27.2 Å². The van der Waals surface area contributed by atoms with Crippen LogP contribution >= 0.6 is 0 Å². The third-order valence-corrected chi connectivity index (χ3v) is 7.88. The molecule has 5 rings (SSSR count). The maximum atomic E-state index is 14.0. The molecule has 218 valence electrons. The van der Waals surface area contributed by atoms with Crippen molar-refractivity contribution in [2.75, 3.05) is 36.1 Å². The molecule has 1 N–H and O–H groups in total. The molecule has 2 aromatic rings. The number of alkyl halides is 3. The normalized spacial score (nSPS) is 22.8. The van der Waals surface area contributed by atoms with Crippen molar-refractivity contribution in [3.63, 3.8) is 0 Å². The highest BCUT2D eigenvalue weighted by Gasteiger charge is 2.54. The highest BCUT2D eigenvalue weighted by atomic mass is 19.4. The minimum Gasteiger partial charge on any atom is -0.329 e. The van der Waals surface area contributed by atoms with Crippen molar-refractivity contribution in [3.05, 3.63) is 56.5 Å². The fraction of sp³-hybridized carbons (Fsp3) is 0.577. The number of hydrogen-bond acceptors (Lipinski definition) is 8. The Morgan fingerprint density at radius 1 is 1.15 bits per heavy atom. The van der Waals surface area contributed by atoms with Crippen LogP contribution in [-0.2, 0) is 23.2 Å². The third kappa shape index (κ3) is 4.98. The lowest BCUT2D eigenvalue weighted by molar-refractivity contribution is -0.203. The first-order valence-electron chi connectivity index (χ1n) is 13.3. The number of benzene rings is 1. The van der Waals surface area contributed by atoms with Crippen LogP contribution in [0.25, 0.3) is 0 Å². The summed E-state index contributed by atoms with van der Waals surface area (Å²) >= 11 is 0. The van der Waals surface area contributed by atoms with E-state index >= 15 is 0 Å². The highest BCUT2D eigenvalue weighted by molar-refractivity contribution is 5.80. The number of hydroxylamine groups is 1. The van der Waals surface area contributed by atoms with E-state index in [1.54, 1.807) is 4.90 Å². The van der Waals surface area contributed by atoms with Crippen molar-refractivity contribution in [3.8, 4) is 0 Å². The SMILES string of the molecule is CC(C)CCN1c2c(n(C)c(=O)n(Cc3ccc(F)cc3)c2=O)N(OC(=O)C(F)(F)F)C1N1CCC2CNCC21. The average Bonchev–Trinajstić information content (AvgIpc) is 3.58. The van der Waals surface area contributed by atoms with Gasteiger partial charge in [0, 0.05) is 32.7 Å². The average molecular weight is 569 g/mol. The molecular formula is C26H32F4N6O4. The number of halogens is 4. The summed E-state index contributed by atoms with van der Waals surface area (Å²) in [5, 5.41) is 4.09. The lowest BCUT2D eigenvalue weighted by Gasteiger charge is -2.40. The van der Waals surface area contributed by atoms with Crippen LogP contribution in [0.2, 0.25) is 0 Å². The summed E-state index contributed by atoms with van der Waals surface area (Å²) in [6.07, 6.45) is -5.00. The summed E-state index contributed by atoms with van der Waals surface area (Å²) in [4.78, 5) is 48.2. The minimum atomic E-state index is -5.30. The van der Waals surface area contributed by atoms with Crippen molar-refractivity contribution in [1.29, 1.82) is 0 Å². The first-order valence-corrected chi connectivity index (χ1v) is 13.3. The minimum absolute atomic E-state index is 0.0285. The summed E-state index contributed by atoms with van der Waals surface area (Å²) in [6, 6.07) is 5.25. The van der Waals surface area contributed by atoms with Crippen LogP contribution in [0, 0.1) is 17.7 Å². The van der Waals surface area contributed by atoms with E-state index < -0.39 is 35.5 Å². The van der Waals surface area contributed by atoms with Gasteiger partial charge in [-0.1, -0.05) is 26.0 Å². The van der Waals surface area contributed by atoms with E-state index in [1.165, 1.54) is 31.3 Å². The number of nitrogens with zero attached hydrogens (tertiary/aromatic N) is 5. The molecule has 1 aromatic carbocycles. The first-order chi connectivity index (χ1) is 18.9. The van der Waals surface area contributed by atoms with Gasteiger partial charge in [0.25, 0.3) is 5.56 Å². The predicted molar refractivity (Wildman–Crippen MR) is 138 cm³/mol. The molecular weight excluding hydrogens is 536 g/mol. The lowest BCUT2D eigenvalue weighted by atomic mass is 10.1. The molecule has 0 spiro atoms. The predicted octanol–water partition coefficient (Wildman–Crippen LogP) is 2.00. The van der Waals surface area contributed by atoms with Crippen LogP contribution in [0.1, 0.15) is 32.3 Å². The molecule has 10 nitrogen and oxygen atoms in total. The molecule has 3 atom stereocenters. The van der Waals surface area contributed by atoms with Crippen LogP contribution in [0.3, 0.4) is 0 Å². The summed E-state index contributed by atoms with van der Waals surface area (Å²) in [5.74, 6) is -2.71. The number of aromatic nitrogens is 2. The molecule has 0 saturated carbocycles. The third-order valence-electron chi connectivity index (χ3n) is 7.88.